The number of hydrogen-bond acceptors (Lipinski definition) is 3. The van der Waals surface area contributed by atoms with Crippen molar-refractivity contribution in [2.45, 2.75) is 57.1 Å². The summed E-state index contributed by atoms with van der Waals surface area (Å²) in [4.78, 5) is 12.5. The first-order chi connectivity index (χ1) is 8.75. The molecule has 2 aliphatic carbocycles. The quantitative estimate of drug-likeness (QED) is 0.790. The number of nitrogens with two attached hydrogens (primary N) is 1. The van der Waals surface area contributed by atoms with Gasteiger partial charge in [0.05, 0.1) is 17.6 Å². The largest absolute Gasteiger partial charge is 0.376 e. The minimum absolute atomic E-state index is 0.184. The highest BCUT2D eigenvalue weighted by Crippen LogP contribution is 2.40. The van der Waals surface area contributed by atoms with Crippen LogP contribution in [0.2, 0.25) is 0 Å². The van der Waals surface area contributed by atoms with Gasteiger partial charge in [0, 0.05) is 13.2 Å². The Balaban J connectivity index is 1.62. The van der Waals surface area contributed by atoms with E-state index in [1.54, 1.807) is 0 Å². The second-order valence-corrected chi connectivity index (χ2v) is 6.23. The van der Waals surface area contributed by atoms with E-state index in [0.717, 1.165) is 38.7 Å². The van der Waals surface area contributed by atoms with Crippen LogP contribution in [0.25, 0.3) is 0 Å². The predicted octanol–water partition coefficient (Wildman–Crippen LogP) is 1.19. The van der Waals surface area contributed by atoms with E-state index >= 15 is 0 Å². The molecule has 0 aromatic carbocycles. The zero-order valence-corrected chi connectivity index (χ0v) is 11.0. The molecular formula is C14H24N2O2. The molecule has 1 amide bonds. The third-order valence-electron chi connectivity index (χ3n) is 4.97. The van der Waals surface area contributed by atoms with Crippen molar-refractivity contribution in [1.82, 2.24) is 5.32 Å². The standard InChI is InChI=1S/C14H24N2O2/c15-9-14(6-1-2-7-14)13(17)16-11-5-8-18-12(11)10-3-4-10/h10-12H,1-9,15H2,(H,16,17). The molecule has 4 nitrogen and oxygen atoms in total. The molecule has 0 bridgehead atoms. The van der Waals surface area contributed by atoms with Crippen molar-refractivity contribution in [3.05, 3.63) is 0 Å². The van der Waals surface area contributed by atoms with Crippen LogP contribution in [0.5, 0.6) is 0 Å². The third-order valence-corrected chi connectivity index (χ3v) is 4.97. The highest BCUT2D eigenvalue weighted by molar-refractivity contribution is 5.83. The van der Waals surface area contributed by atoms with Gasteiger partial charge in [-0.25, -0.2) is 0 Å². The fraction of sp³-hybridized carbons (Fsp3) is 0.929. The molecule has 3 aliphatic rings. The van der Waals surface area contributed by atoms with Gasteiger partial charge in [-0.15, -0.1) is 0 Å². The molecule has 0 aromatic rings. The number of rotatable bonds is 4. The van der Waals surface area contributed by atoms with Gasteiger partial charge in [0.2, 0.25) is 5.91 Å². The van der Waals surface area contributed by atoms with Crippen LogP contribution in [0.1, 0.15) is 44.9 Å². The third kappa shape index (κ3) is 2.16. The van der Waals surface area contributed by atoms with Gasteiger partial charge in [0.15, 0.2) is 0 Å². The van der Waals surface area contributed by atoms with E-state index in [-0.39, 0.29) is 23.5 Å². The number of carbonyl (C=O) groups is 1. The summed E-state index contributed by atoms with van der Waals surface area (Å²) in [6.45, 7) is 1.28. The zero-order chi connectivity index (χ0) is 12.6. The lowest BCUT2D eigenvalue weighted by molar-refractivity contribution is -0.131. The summed E-state index contributed by atoms with van der Waals surface area (Å²) >= 11 is 0. The first kappa shape index (κ1) is 12.4. The molecule has 4 heteroatoms. The minimum atomic E-state index is -0.281. The van der Waals surface area contributed by atoms with E-state index in [4.69, 9.17) is 10.5 Å². The van der Waals surface area contributed by atoms with Gasteiger partial charge in [-0.2, -0.15) is 0 Å². The van der Waals surface area contributed by atoms with Gasteiger partial charge in [-0.05, 0) is 38.0 Å². The molecule has 1 heterocycles. The average Bonchev–Trinajstić information content (AvgIpc) is 2.93. The Bertz CT molecular complexity index is 322. The van der Waals surface area contributed by atoms with Crippen molar-refractivity contribution in [2.24, 2.45) is 17.1 Å². The molecule has 1 aliphatic heterocycles. The van der Waals surface area contributed by atoms with E-state index in [1.165, 1.54) is 12.8 Å². The molecule has 2 atom stereocenters. The van der Waals surface area contributed by atoms with Crippen LogP contribution in [0, 0.1) is 11.3 Å². The lowest BCUT2D eigenvalue weighted by Gasteiger charge is -2.29. The van der Waals surface area contributed by atoms with Crippen LogP contribution in [-0.4, -0.2) is 31.2 Å². The zero-order valence-electron chi connectivity index (χ0n) is 11.0. The van der Waals surface area contributed by atoms with Gasteiger partial charge in [0.1, 0.15) is 0 Å². The normalized spacial score (nSPS) is 34.7. The van der Waals surface area contributed by atoms with Crippen LogP contribution in [0.15, 0.2) is 0 Å². The molecule has 2 unspecified atom stereocenters. The van der Waals surface area contributed by atoms with Gasteiger partial charge in [0.25, 0.3) is 0 Å². The van der Waals surface area contributed by atoms with Crippen molar-refractivity contribution in [1.29, 1.82) is 0 Å². The molecular weight excluding hydrogens is 228 g/mol. The first-order valence-electron chi connectivity index (χ1n) is 7.38. The summed E-state index contributed by atoms with van der Waals surface area (Å²) in [6.07, 6.45) is 7.94. The second kappa shape index (κ2) is 4.82. The van der Waals surface area contributed by atoms with Crippen LogP contribution in [-0.2, 0) is 9.53 Å². The molecule has 2 saturated carbocycles. The predicted molar refractivity (Wildman–Crippen MR) is 69.0 cm³/mol. The lowest BCUT2D eigenvalue weighted by atomic mass is 9.84. The monoisotopic (exact) mass is 252 g/mol. The first-order valence-corrected chi connectivity index (χ1v) is 7.38. The molecule has 3 rings (SSSR count). The SMILES string of the molecule is NCC1(C(=O)NC2CCOC2C2CC2)CCCC1. The summed E-state index contributed by atoms with van der Waals surface area (Å²) < 4.78 is 5.77. The molecule has 0 radical (unpaired) electrons. The highest BCUT2D eigenvalue weighted by atomic mass is 16.5. The lowest BCUT2D eigenvalue weighted by Crippen LogP contribution is -2.50. The van der Waals surface area contributed by atoms with Crippen molar-refractivity contribution >= 4 is 5.91 Å². The summed E-state index contributed by atoms with van der Waals surface area (Å²) in [6, 6.07) is 0.231. The van der Waals surface area contributed by atoms with E-state index in [9.17, 15) is 4.79 Å². The van der Waals surface area contributed by atoms with Crippen LogP contribution in [0.4, 0.5) is 0 Å². The van der Waals surface area contributed by atoms with E-state index in [1.807, 2.05) is 0 Å². The number of hydrogen-bond donors (Lipinski definition) is 2. The smallest absolute Gasteiger partial charge is 0.227 e. The Morgan fingerprint density at radius 3 is 2.61 bits per heavy atom. The van der Waals surface area contributed by atoms with Crippen molar-refractivity contribution in [3.63, 3.8) is 0 Å². The molecule has 1 saturated heterocycles. The fourth-order valence-corrected chi connectivity index (χ4v) is 3.55. The topological polar surface area (TPSA) is 64.4 Å². The second-order valence-electron chi connectivity index (χ2n) is 6.23. The Labute approximate surface area is 109 Å². The number of nitrogens with one attached hydrogen (secondary N) is 1. The highest BCUT2D eigenvalue weighted by Gasteiger charge is 2.45. The molecule has 0 aromatic heterocycles. The molecule has 3 fully saturated rings. The maximum atomic E-state index is 12.5. The van der Waals surface area contributed by atoms with Crippen LogP contribution < -0.4 is 11.1 Å². The Morgan fingerprint density at radius 1 is 1.28 bits per heavy atom. The molecule has 102 valence electrons. The van der Waals surface area contributed by atoms with Gasteiger partial charge < -0.3 is 15.8 Å². The number of ether oxygens (including phenoxy) is 1. The van der Waals surface area contributed by atoms with Crippen molar-refractivity contribution in [3.8, 4) is 0 Å². The average molecular weight is 252 g/mol. The summed E-state index contributed by atoms with van der Waals surface area (Å²) in [5.74, 6) is 0.874. The molecule has 3 N–H and O–H groups in total. The summed E-state index contributed by atoms with van der Waals surface area (Å²) in [7, 11) is 0. The Morgan fingerprint density at radius 2 is 2.00 bits per heavy atom. The number of carbonyl (C=O) groups excluding carboxylic acids is 1. The maximum absolute atomic E-state index is 12.5. The Kier molecular flexibility index (Phi) is 3.32. The van der Waals surface area contributed by atoms with E-state index < -0.39 is 0 Å². The summed E-state index contributed by atoms with van der Waals surface area (Å²) in [5.41, 5.74) is 5.58. The Hall–Kier alpha value is -0.610. The maximum Gasteiger partial charge on any atom is 0.227 e. The van der Waals surface area contributed by atoms with Crippen molar-refractivity contribution in [2.75, 3.05) is 13.2 Å². The van der Waals surface area contributed by atoms with Crippen LogP contribution >= 0.6 is 0 Å². The van der Waals surface area contributed by atoms with Gasteiger partial charge in [-0.1, -0.05) is 12.8 Å². The van der Waals surface area contributed by atoms with Gasteiger partial charge >= 0.3 is 0 Å². The minimum Gasteiger partial charge on any atom is -0.376 e. The molecule has 0 spiro atoms. The van der Waals surface area contributed by atoms with E-state index in [0.29, 0.717) is 12.5 Å². The van der Waals surface area contributed by atoms with Crippen LogP contribution in [0.3, 0.4) is 0 Å². The molecule has 18 heavy (non-hydrogen) atoms. The summed E-state index contributed by atoms with van der Waals surface area (Å²) in [5, 5.41) is 3.24. The van der Waals surface area contributed by atoms with Crippen molar-refractivity contribution < 1.29 is 9.53 Å². The van der Waals surface area contributed by atoms with Gasteiger partial charge in [-0.3, -0.25) is 4.79 Å². The fourth-order valence-electron chi connectivity index (χ4n) is 3.55. The number of amides is 1. The van der Waals surface area contributed by atoms with E-state index in [2.05, 4.69) is 5.32 Å².